The highest BCUT2D eigenvalue weighted by molar-refractivity contribution is 6.68. The van der Waals surface area contributed by atoms with Gasteiger partial charge >= 0.3 is 0 Å². The lowest BCUT2D eigenvalue weighted by Crippen LogP contribution is -2.47. The SMILES string of the molecule is O=C(CC(Cl)(Cl)Cl)N1CCC(Oc2ccc(Cl)cc2)C(c2ccccc2)C1. The molecule has 2 atom stereocenters. The van der Waals surface area contributed by atoms with E-state index in [2.05, 4.69) is 0 Å². The molecule has 1 fully saturated rings. The molecule has 0 aromatic heterocycles. The number of benzene rings is 2. The van der Waals surface area contributed by atoms with Crippen molar-refractivity contribution in [1.29, 1.82) is 0 Å². The molecule has 0 radical (unpaired) electrons. The van der Waals surface area contributed by atoms with Crippen molar-refractivity contribution < 1.29 is 9.53 Å². The number of nitrogens with zero attached hydrogens (tertiary/aromatic N) is 1. The Kier molecular flexibility index (Phi) is 6.80. The quantitative estimate of drug-likeness (QED) is 0.550. The van der Waals surface area contributed by atoms with E-state index in [-0.39, 0.29) is 24.3 Å². The summed E-state index contributed by atoms with van der Waals surface area (Å²) in [5, 5.41) is 0.661. The predicted molar refractivity (Wildman–Crippen MR) is 111 cm³/mol. The number of ether oxygens (including phenoxy) is 1. The first kappa shape index (κ1) is 20.6. The molecule has 0 bridgehead atoms. The largest absolute Gasteiger partial charge is 0.490 e. The first-order valence-electron chi connectivity index (χ1n) is 8.63. The Balaban J connectivity index is 1.78. The molecule has 2 aromatic carbocycles. The maximum Gasteiger partial charge on any atom is 0.226 e. The van der Waals surface area contributed by atoms with Gasteiger partial charge in [0.1, 0.15) is 11.9 Å². The molecule has 1 amide bonds. The summed E-state index contributed by atoms with van der Waals surface area (Å²) in [6.45, 7) is 1.07. The van der Waals surface area contributed by atoms with Gasteiger partial charge in [0.15, 0.2) is 3.79 Å². The van der Waals surface area contributed by atoms with Crippen LogP contribution >= 0.6 is 46.4 Å². The Bertz CT molecular complexity index is 762. The molecule has 7 heteroatoms. The van der Waals surface area contributed by atoms with Crippen molar-refractivity contribution in [2.24, 2.45) is 0 Å². The summed E-state index contributed by atoms with van der Waals surface area (Å²) in [6.07, 6.45) is 0.487. The number of hydrogen-bond acceptors (Lipinski definition) is 2. The van der Waals surface area contributed by atoms with Gasteiger partial charge in [0.2, 0.25) is 5.91 Å². The van der Waals surface area contributed by atoms with Gasteiger partial charge < -0.3 is 9.64 Å². The molecule has 0 saturated carbocycles. The highest BCUT2D eigenvalue weighted by Gasteiger charge is 2.36. The molecule has 144 valence electrons. The van der Waals surface area contributed by atoms with Crippen molar-refractivity contribution in [3.8, 4) is 5.75 Å². The van der Waals surface area contributed by atoms with E-state index in [1.54, 1.807) is 17.0 Å². The van der Waals surface area contributed by atoms with Crippen molar-refractivity contribution in [3.63, 3.8) is 0 Å². The van der Waals surface area contributed by atoms with Gasteiger partial charge in [-0.25, -0.2) is 0 Å². The first-order chi connectivity index (χ1) is 12.8. The van der Waals surface area contributed by atoms with Gasteiger partial charge in [-0.05, 0) is 29.8 Å². The topological polar surface area (TPSA) is 29.5 Å². The fourth-order valence-electron chi connectivity index (χ4n) is 3.29. The second kappa shape index (κ2) is 8.91. The lowest BCUT2D eigenvalue weighted by molar-refractivity contribution is -0.133. The molecule has 0 aliphatic carbocycles. The van der Waals surface area contributed by atoms with Crippen molar-refractivity contribution in [1.82, 2.24) is 4.90 Å². The minimum atomic E-state index is -1.59. The van der Waals surface area contributed by atoms with E-state index >= 15 is 0 Å². The molecular weight excluding hydrogens is 428 g/mol. The molecule has 0 spiro atoms. The molecule has 0 N–H and O–H groups in total. The van der Waals surface area contributed by atoms with Crippen LogP contribution in [0, 0.1) is 0 Å². The summed E-state index contributed by atoms with van der Waals surface area (Å²) in [6, 6.07) is 17.3. The number of halogens is 4. The Morgan fingerprint density at radius 1 is 1.07 bits per heavy atom. The Labute approximate surface area is 179 Å². The van der Waals surface area contributed by atoms with Crippen LogP contribution in [0.3, 0.4) is 0 Å². The van der Waals surface area contributed by atoms with Crippen LogP contribution in [0.1, 0.15) is 24.3 Å². The highest BCUT2D eigenvalue weighted by Crippen LogP contribution is 2.34. The molecule has 3 rings (SSSR count). The maximum absolute atomic E-state index is 12.5. The van der Waals surface area contributed by atoms with Crippen LogP contribution in [0.4, 0.5) is 0 Å². The average Bonchev–Trinajstić information content (AvgIpc) is 2.63. The number of alkyl halides is 3. The van der Waals surface area contributed by atoms with Crippen LogP contribution in [0.25, 0.3) is 0 Å². The molecule has 1 heterocycles. The Morgan fingerprint density at radius 3 is 2.37 bits per heavy atom. The normalized spacial score (nSPS) is 20.4. The third-order valence-corrected chi connectivity index (χ3v) is 5.24. The minimum absolute atomic E-state index is 0.0231. The van der Waals surface area contributed by atoms with Crippen LogP contribution < -0.4 is 4.74 Å². The molecule has 1 saturated heterocycles. The minimum Gasteiger partial charge on any atom is -0.490 e. The van der Waals surface area contributed by atoms with Crippen molar-refractivity contribution in [2.45, 2.75) is 28.7 Å². The van der Waals surface area contributed by atoms with Gasteiger partial charge in [0.25, 0.3) is 0 Å². The van der Waals surface area contributed by atoms with Crippen LogP contribution in [0.5, 0.6) is 5.75 Å². The predicted octanol–water partition coefficient (Wildman–Crippen LogP) is 5.86. The number of rotatable bonds is 4. The van der Waals surface area contributed by atoms with Crippen molar-refractivity contribution in [3.05, 3.63) is 65.2 Å². The summed E-state index contributed by atoms with van der Waals surface area (Å²) >= 11 is 23.3. The van der Waals surface area contributed by atoms with Crippen LogP contribution in [0.15, 0.2) is 54.6 Å². The summed E-state index contributed by atoms with van der Waals surface area (Å²) in [4.78, 5) is 14.3. The van der Waals surface area contributed by atoms with E-state index in [4.69, 9.17) is 51.1 Å². The van der Waals surface area contributed by atoms with E-state index in [1.165, 1.54) is 0 Å². The maximum atomic E-state index is 12.5. The van der Waals surface area contributed by atoms with E-state index < -0.39 is 3.79 Å². The second-order valence-corrected chi connectivity index (χ2v) is 9.50. The zero-order valence-electron chi connectivity index (χ0n) is 14.5. The monoisotopic (exact) mass is 445 g/mol. The van der Waals surface area contributed by atoms with Crippen LogP contribution in [-0.2, 0) is 4.79 Å². The summed E-state index contributed by atoms with van der Waals surface area (Å²) in [5.74, 6) is 0.613. The lowest BCUT2D eigenvalue weighted by atomic mass is 9.87. The third kappa shape index (κ3) is 5.92. The molecule has 2 aromatic rings. The highest BCUT2D eigenvalue weighted by atomic mass is 35.6. The zero-order chi connectivity index (χ0) is 19.4. The smallest absolute Gasteiger partial charge is 0.226 e. The molecule has 1 aliphatic rings. The van der Waals surface area contributed by atoms with E-state index in [0.29, 0.717) is 24.5 Å². The number of hydrogen-bond donors (Lipinski definition) is 0. The van der Waals surface area contributed by atoms with Crippen LogP contribution in [-0.4, -0.2) is 33.8 Å². The fraction of sp³-hybridized carbons (Fsp3) is 0.350. The second-order valence-electron chi connectivity index (χ2n) is 6.55. The zero-order valence-corrected chi connectivity index (χ0v) is 17.5. The summed E-state index contributed by atoms with van der Waals surface area (Å²) in [7, 11) is 0. The van der Waals surface area contributed by atoms with E-state index in [9.17, 15) is 4.79 Å². The van der Waals surface area contributed by atoms with Crippen molar-refractivity contribution in [2.75, 3.05) is 13.1 Å². The number of carbonyl (C=O) groups is 1. The van der Waals surface area contributed by atoms with Gasteiger partial charge in [-0.3, -0.25) is 4.79 Å². The Morgan fingerprint density at radius 2 is 1.74 bits per heavy atom. The number of amides is 1. The number of likely N-dealkylation sites (tertiary alicyclic amines) is 1. The molecular formula is C20H19Cl4NO2. The molecule has 3 nitrogen and oxygen atoms in total. The first-order valence-corrected chi connectivity index (χ1v) is 10.1. The van der Waals surface area contributed by atoms with Gasteiger partial charge in [0, 0.05) is 30.5 Å². The fourth-order valence-corrected chi connectivity index (χ4v) is 3.76. The molecule has 1 aliphatic heterocycles. The van der Waals surface area contributed by atoms with Gasteiger partial charge in [-0.2, -0.15) is 0 Å². The standard InChI is InChI=1S/C20H19Cl4NO2/c21-15-6-8-16(9-7-15)27-18-10-11-25(19(26)12-20(22,23)24)13-17(18)14-4-2-1-3-5-14/h1-9,17-18H,10-13H2. The van der Waals surface area contributed by atoms with Gasteiger partial charge in [0.05, 0.1) is 6.42 Å². The summed E-state index contributed by atoms with van der Waals surface area (Å²) < 4.78 is 4.64. The number of carbonyl (C=O) groups excluding carboxylic acids is 1. The van der Waals surface area contributed by atoms with Gasteiger partial charge in [-0.1, -0.05) is 76.7 Å². The number of piperidine rings is 1. The molecule has 2 unspecified atom stereocenters. The third-order valence-electron chi connectivity index (χ3n) is 4.58. The van der Waals surface area contributed by atoms with Gasteiger partial charge in [-0.15, -0.1) is 0 Å². The average molecular weight is 447 g/mol. The lowest BCUT2D eigenvalue weighted by Gasteiger charge is -2.39. The Hall–Kier alpha value is -1.13. The van der Waals surface area contributed by atoms with E-state index in [1.807, 2.05) is 42.5 Å². The molecule has 27 heavy (non-hydrogen) atoms. The summed E-state index contributed by atoms with van der Waals surface area (Å²) in [5.41, 5.74) is 1.11. The van der Waals surface area contributed by atoms with E-state index in [0.717, 1.165) is 11.3 Å². The van der Waals surface area contributed by atoms with Crippen molar-refractivity contribution >= 4 is 52.3 Å². The van der Waals surface area contributed by atoms with Crippen LogP contribution in [0.2, 0.25) is 5.02 Å².